The number of aromatic nitrogens is 1. The molecule has 1 aliphatic rings. The Kier molecular flexibility index (Phi) is 1.99. The average Bonchev–Trinajstić information content (AvgIpc) is 2.45. The third kappa shape index (κ3) is 1.37. The van der Waals surface area contributed by atoms with Crippen molar-refractivity contribution in [2.24, 2.45) is 0 Å². The highest BCUT2D eigenvalue weighted by atomic mass is 32.1. The maximum atomic E-state index is 11.4. The molecule has 0 fully saturated rings. The molecule has 2 rings (SSSR count). The largest absolute Gasteiger partial charge is 0.480 e. The Balaban J connectivity index is 2.37. The molecule has 6 heteroatoms. The molecule has 1 atom stereocenters. The summed E-state index contributed by atoms with van der Waals surface area (Å²) in [4.78, 5) is 26.8. The Morgan fingerprint density at radius 2 is 2.43 bits per heavy atom. The van der Waals surface area contributed by atoms with Crippen LogP contribution in [0.4, 0.5) is 0 Å². The highest BCUT2D eigenvalue weighted by Gasteiger charge is 2.31. The standard InChI is InChI=1S/C8H8N2O3S/c1-3-9-4-2-5(8(12)13)10-7(11)6(4)14-3/h5H,2H2,1H3,(H,10,11)(H,12,13). The van der Waals surface area contributed by atoms with Crippen LogP contribution in [0.15, 0.2) is 0 Å². The number of amides is 1. The molecule has 2 N–H and O–H groups in total. The number of nitrogens with one attached hydrogen (secondary N) is 1. The molecule has 0 aliphatic carbocycles. The second-order valence-corrected chi connectivity index (χ2v) is 4.28. The maximum absolute atomic E-state index is 11.4. The van der Waals surface area contributed by atoms with Crippen molar-refractivity contribution in [3.8, 4) is 0 Å². The van der Waals surface area contributed by atoms with E-state index in [0.29, 0.717) is 10.6 Å². The number of rotatable bonds is 1. The summed E-state index contributed by atoms with van der Waals surface area (Å²) in [6.07, 6.45) is 0.279. The van der Waals surface area contributed by atoms with Gasteiger partial charge in [0, 0.05) is 6.42 Å². The van der Waals surface area contributed by atoms with Gasteiger partial charge in [-0.15, -0.1) is 11.3 Å². The van der Waals surface area contributed by atoms with Gasteiger partial charge in [-0.05, 0) is 6.92 Å². The Hall–Kier alpha value is -1.43. The van der Waals surface area contributed by atoms with Gasteiger partial charge in [0.15, 0.2) is 0 Å². The first kappa shape index (κ1) is 9.14. The van der Waals surface area contributed by atoms with Gasteiger partial charge in [0.2, 0.25) is 0 Å². The van der Waals surface area contributed by atoms with E-state index in [2.05, 4.69) is 10.3 Å². The minimum atomic E-state index is -1.02. The molecule has 1 aromatic rings. The number of aliphatic carboxylic acids is 1. The fourth-order valence-electron chi connectivity index (χ4n) is 1.40. The molecule has 74 valence electrons. The van der Waals surface area contributed by atoms with E-state index < -0.39 is 12.0 Å². The Labute approximate surface area is 83.8 Å². The number of carboxylic acids is 1. The lowest BCUT2D eigenvalue weighted by molar-refractivity contribution is -0.139. The molecule has 5 nitrogen and oxygen atoms in total. The third-order valence-electron chi connectivity index (χ3n) is 2.01. The Morgan fingerprint density at radius 1 is 1.71 bits per heavy atom. The van der Waals surface area contributed by atoms with E-state index in [4.69, 9.17) is 5.11 Å². The quantitative estimate of drug-likeness (QED) is 0.696. The summed E-state index contributed by atoms with van der Waals surface area (Å²) in [6.45, 7) is 1.80. The number of hydrogen-bond donors (Lipinski definition) is 2. The van der Waals surface area contributed by atoms with Gasteiger partial charge in [-0.3, -0.25) is 4.79 Å². The van der Waals surface area contributed by atoms with E-state index in [1.807, 2.05) is 0 Å². The van der Waals surface area contributed by atoms with Crippen LogP contribution in [-0.2, 0) is 11.2 Å². The van der Waals surface area contributed by atoms with Crippen molar-refractivity contribution < 1.29 is 14.7 Å². The van der Waals surface area contributed by atoms with Crippen molar-refractivity contribution in [1.29, 1.82) is 0 Å². The zero-order chi connectivity index (χ0) is 10.3. The summed E-state index contributed by atoms with van der Waals surface area (Å²) in [5, 5.41) is 12.0. The summed E-state index contributed by atoms with van der Waals surface area (Å²) in [7, 11) is 0. The van der Waals surface area contributed by atoms with Crippen LogP contribution in [-0.4, -0.2) is 28.0 Å². The summed E-state index contributed by atoms with van der Waals surface area (Å²) < 4.78 is 0. The molecule has 0 aromatic carbocycles. The molecule has 0 bridgehead atoms. The first-order valence-corrected chi connectivity index (χ1v) is 4.89. The van der Waals surface area contributed by atoms with E-state index >= 15 is 0 Å². The van der Waals surface area contributed by atoms with Gasteiger partial charge in [-0.25, -0.2) is 9.78 Å². The number of fused-ring (bicyclic) bond motifs is 1. The second kappa shape index (κ2) is 3.06. The van der Waals surface area contributed by atoms with E-state index in [9.17, 15) is 9.59 Å². The van der Waals surface area contributed by atoms with Crippen molar-refractivity contribution >= 4 is 23.2 Å². The van der Waals surface area contributed by atoms with Crippen LogP contribution in [0, 0.1) is 6.92 Å². The minimum absolute atomic E-state index is 0.279. The number of carboxylic acid groups (broad SMARTS) is 1. The van der Waals surface area contributed by atoms with E-state index in [0.717, 1.165) is 5.01 Å². The lowest BCUT2D eigenvalue weighted by atomic mass is 10.1. The predicted octanol–water partition coefficient (Wildman–Crippen LogP) is 0.191. The number of nitrogens with zero attached hydrogens (tertiary/aromatic N) is 1. The molecule has 1 aromatic heterocycles. The van der Waals surface area contributed by atoms with E-state index in [1.54, 1.807) is 6.92 Å². The van der Waals surface area contributed by atoms with Crippen LogP contribution >= 0.6 is 11.3 Å². The van der Waals surface area contributed by atoms with Gasteiger partial charge in [-0.1, -0.05) is 0 Å². The lowest BCUT2D eigenvalue weighted by Crippen LogP contribution is -2.45. The van der Waals surface area contributed by atoms with Crippen molar-refractivity contribution in [2.45, 2.75) is 19.4 Å². The van der Waals surface area contributed by atoms with Crippen LogP contribution in [0.1, 0.15) is 20.4 Å². The Bertz CT molecular complexity index is 413. The molecule has 14 heavy (non-hydrogen) atoms. The van der Waals surface area contributed by atoms with Crippen LogP contribution in [0.2, 0.25) is 0 Å². The van der Waals surface area contributed by atoms with Crippen LogP contribution in [0.25, 0.3) is 0 Å². The van der Waals surface area contributed by atoms with E-state index in [1.165, 1.54) is 11.3 Å². The fourth-order valence-corrected chi connectivity index (χ4v) is 2.25. The second-order valence-electron chi connectivity index (χ2n) is 3.08. The normalized spacial score (nSPS) is 20.1. The zero-order valence-electron chi connectivity index (χ0n) is 7.40. The summed E-state index contributed by atoms with van der Waals surface area (Å²) >= 11 is 1.30. The summed E-state index contributed by atoms with van der Waals surface area (Å²) in [5.41, 5.74) is 0.601. The first-order valence-electron chi connectivity index (χ1n) is 4.08. The number of carbonyl (C=O) groups is 2. The minimum Gasteiger partial charge on any atom is -0.480 e. The number of carbonyl (C=O) groups excluding carboxylic acids is 1. The highest BCUT2D eigenvalue weighted by Crippen LogP contribution is 2.22. The summed E-state index contributed by atoms with van der Waals surface area (Å²) in [5.74, 6) is -1.35. The molecule has 0 saturated carbocycles. The average molecular weight is 212 g/mol. The van der Waals surface area contributed by atoms with Crippen LogP contribution in [0.3, 0.4) is 0 Å². The lowest BCUT2D eigenvalue weighted by Gasteiger charge is -2.18. The van der Waals surface area contributed by atoms with Crippen molar-refractivity contribution in [1.82, 2.24) is 10.3 Å². The van der Waals surface area contributed by atoms with Crippen molar-refractivity contribution in [3.05, 3.63) is 15.6 Å². The van der Waals surface area contributed by atoms with Crippen LogP contribution in [0.5, 0.6) is 0 Å². The topological polar surface area (TPSA) is 79.3 Å². The molecule has 0 radical (unpaired) electrons. The first-order chi connectivity index (χ1) is 6.58. The molecule has 2 heterocycles. The monoisotopic (exact) mass is 212 g/mol. The van der Waals surface area contributed by atoms with Gasteiger partial charge < -0.3 is 10.4 Å². The molecule has 1 amide bonds. The maximum Gasteiger partial charge on any atom is 0.326 e. The Morgan fingerprint density at radius 3 is 3.07 bits per heavy atom. The molecular formula is C8H8N2O3S. The van der Waals surface area contributed by atoms with Crippen molar-refractivity contribution in [2.75, 3.05) is 0 Å². The van der Waals surface area contributed by atoms with Gasteiger partial charge in [0.25, 0.3) is 5.91 Å². The molecule has 0 spiro atoms. The molecule has 1 unspecified atom stereocenters. The smallest absolute Gasteiger partial charge is 0.326 e. The molecule has 1 aliphatic heterocycles. The van der Waals surface area contributed by atoms with Gasteiger partial charge in [0.05, 0.1) is 10.7 Å². The third-order valence-corrected chi connectivity index (χ3v) is 3.02. The summed E-state index contributed by atoms with van der Waals surface area (Å²) in [6, 6.07) is -0.837. The van der Waals surface area contributed by atoms with Gasteiger partial charge in [0.1, 0.15) is 10.9 Å². The fraction of sp³-hybridized carbons (Fsp3) is 0.375. The number of hydrogen-bond acceptors (Lipinski definition) is 4. The molecule has 0 saturated heterocycles. The number of thiazole rings is 1. The van der Waals surface area contributed by atoms with Crippen LogP contribution < -0.4 is 5.32 Å². The number of aryl methyl sites for hydroxylation is 1. The van der Waals surface area contributed by atoms with Gasteiger partial charge in [-0.2, -0.15) is 0 Å². The zero-order valence-corrected chi connectivity index (χ0v) is 8.22. The predicted molar refractivity (Wildman–Crippen MR) is 49.4 cm³/mol. The van der Waals surface area contributed by atoms with E-state index in [-0.39, 0.29) is 12.3 Å². The molecular weight excluding hydrogens is 204 g/mol. The van der Waals surface area contributed by atoms with Crippen molar-refractivity contribution in [3.63, 3.8) is 0 Å². The van der Waals surface area contributed by atoms with Gasteiger partial charge >= 0.3 is 5.97 Å². The SMILES string of the molecule is Cc1nc2c(s1)C(=O)NC(C(=O)O)C2. The highest BCUT2D eigenvalue weighted by molar-refractivity contribution is 7.13.